The molecule has 0 saturated carbocycles. The zero-order chi connectivity index (χ0) is 13.8. The van der Waals surface area contributed by atoms with Crippen molar-refractivity contribution >= 4 is 17.2 Å². The zero-order valence-corrected chi connectivity index (χ0v) is 10.9. The Balaban J connectivity index is 2.59. The Morgan fingerprint density at radius 3 is 2.84 bits per heavy atom. The summed E-state index contributed by atoms with van der Waals surface area (Å²) in [6, 6.07) is 9.58. The molecule has 0 bridgehead atoms. The van der Waals surface area contributed by atoms with E-state index in [1.165, 1.54) is 0 Å². The lowest BCUT2D eigenvalue weighted by Crippen LogP contribution is -2.16. The summed E-state index contributed by atoms with van der Waals surface area (Å²) in [5.74, 6) is -0.580. The number of carbonyl (C=O) groups excluding carboxylic acids is 1. The summed E-state index contributed by atoms with van der Waals surface area (Å²) >= 11 is 0. The van der Waals surface area contributed by atoms with Crippen LogP contribution in [0.25, 0.3) is 5.57 Å². The molecule has 0 N–H and O–H groups in total. The van der Waals surface area contributed by atoms with Gasteiger partial charge in [0.1, 0.15) is 11.6 Å². The Hall–Kier alpha value is -2.54. The number of anilines is 1. The van der Waals surface area contributed by atoms with Crippen LogP contribution < -0.4 is 4.90 Å². The number of carbonyl (C=O) groups is 1. The molecule has 0 unspecified atom stereocenters. The van der Waals surface area contributed by atoms with Crippen LogP contribution in [-0.4, -0.2) is 19.6 Å². The number of nitriles is 1. The van der Waals surface area contributed by atoms with Gasteiger partial charge in [0.2, 0.25) is 0 Å². The van der Waals surface area contributed by atoms with Gasteiger partial charge in [0.25, 0.3) is 0 Å². The van der Waals surface area contributed by atoms with E-state index in [2.05, 4.69) is 0 Å². The molecule has 1 aromatic carbocycles. The summed E-state index contributed by atoms with van der Waals surface area (Å²) in [6.45, 7) is 1.97. The molecule has 0 amide bonds. The van der Waals surface area contributed by atoms with Gasteiger partial charge < -0.3 is 9.64 Å². The molecule has 0 spiro atoms. The van der Waals surface area contributed by atoms with Crippen LogP contribution in [0.4, 0.5) is 5.69 Å². The minimum Gasteiger partial charge on any atom is -0.462 e. The number of fused-ring (bicyclic) bond motifs is 1. The van der Waals surface area contributed by atoms with Gasteiger partial charge in [-0.1, -0.05) is 18.2 Å². The summed E-state index contributed by atoms with van der Waals surface area (Å²) in [5, 5.41) is 9.21. The number of hydrogen-bond acceptors (Lipinski definition) is 4. The minimum absolute atomic E-state index is 0.0404. The number of ether oxygens (including phenoxy) is 1. The first-order chi connectivity index (χ1) is 9.19. The second-order valence-electron chi connectivity index (χ2n) is 4.06. The van der Waals surface area contributed by atoms with E-state index in [9.17, 15) is 10.1 Å². The Morgan fingerprint density at radius 1 is 1.42 bits per heavy atom. The standard InChI is InChI=1S/C15H14N2O2/c1-3-19-15(18)13(10-16)11-8-9-17(2)14-7-5-4-6-12(11)14/h4-9H,3H2,1-2H3. The molecule has 1 aromatic rings. The number of esters is 1. The van der Waals surface area contributed by atoms with Crippen molar-refractivity contribution in [3.05, 3.63) is 47.7 Å². The lowest BCUT2D eigenvalue weighted by molar-refractivity contribution is -0.137. The topological polar surface area (TPSA) is 53.3 Å². The molecule has 0 aliphatic carbocycles. The first kappa shape index (κ1) is 12.9. The highest BCUT2D eigenvalue weighted by Crippen LogP contribution is 2.33. The highest BCUT2D eigenvalue weighted by atomic mass is 16.5. The maximum absolute atomic E-state index is 11.8. The van der Waals surface area contributed by atoms with Gasteiger partial charge in [-0.25, -0.2) is 4.79 Å². The van der Waals surface area contributed by atoms with Crippen LogP contribution in [0, 0.1) is 11.3 Å². The molecule has 1 aliphatic rings. The van der Waals surface area contributed by atoms with Crippen molar-refractivity contribution in [3.63, 3.8) is 0 Å². The molecule has 1 aliphatic heterocycles. The monoisotopic (exact) mass is 254 g/mol. The fourth-order valence-corrected chi connectivity index (χ4v) is 2.00. The van der Waals surface area contributed by atoms with Gasteiger partial charge in [-0.05, 0) is 19.1 Å². The average molecular weight is 254 g/mol. The van der Waals surface area contributed by atoms with Gasteiger partial charge in [0, 0.05) is 30.1 Å². The fourth-order valence-electron chi connectivity index (χ4n) is 2.00. The normalized spacial score (nSPS) is 15.5. The smallest absolute Gasteiger partial charge is 0.349 e. The van der Waals surface area contributed by atoms with Crippen molar-refractivity contribution < 1.29 is 9.53 Å². The van der Waals surface area contributed by atoms with E-state index < -0.39 is 5.97 Å². The Labute approximate surface area is 112 Å². The maximum Gasteiger partial charge on any atom is 0.349 e. The van der Waals surface area contributed by atoms with Gasteiger partial charge in [-0.3, -0.25) is 0 Å². The predicted octanol–water partition coefficient (Wildman–Crippen LogP) is 2.49. The third kappa shape index (κ3) is 2.36. The van der Waals surface area contributed by atoms with Crippen LogP contribution in [0.3, 0.4) is 0 Å². The largest absolute Gasteiger partial charge is 0.462 e. The SMILES string of the molecule is CCOC(=O)C(C#N)=C1C=CN(C)c2ccccc21. The summed E-state index contributed by atoms with van der Waals surface area (Å²) in [4.78, 5) is 13.8. The molecule has 0 atom stereocenters. The number of para-hydroxylation sites is 1. The Kier molecular flexibility index (Phi) is 3.67. The quantitative estimate of drug-likeness (QED) is 0.462. The summed E-state index contributed by atoms with van der Waals surface area (Å²) in [6.07, 6.45) is 3.59. The second-order valence-corrected chi connectivity index (χ2v) is 4.06. The predicted molar refractivity (Wildman–Crippen MR) is 73.2 cm³/mol. The first-order valence-electron chi connectivity index (χ1n) is 6.01. The molecule has 0 saturated heterocycles. The van der Waals surface area contributed by atoms with Crippen LogP contribution in [0.5, 0.6) is 0 Å². The molecule has 19 heavy (non-hydrogen) atoms. The van der Waals surface area contributed by atoms with Crippen molar-refractivity contribution in [3.8, 4) is 6.07 Å². The highest BCUT2D eigenvalue weighted by Gasteiger charge is 2.21. The van der Waals surface area contributed by atoms with Gasteiger partial charge in [-0.2, -0.15) is 5.26 Å². The molecule has 0 radical (unpaired) electrons. The molecular formula is C15H14N2O2. The Bertz CT molecular complexity index is 609. The van der Waals surface area contributed by atoms with Gasteiger partial charge in [-0.15, -0.1) is 0 Å². The Morgan fingerprint density at radius 2 is 2.16 bits per heavy atom. The molecule has 2 rings (SSSR count). The highest BCUT2D eigenvalue weighted by molar-refractivity contribution is 6.06. The number of benzene rings is 1. The second kappa shape index (κ2) is 5.40. The van der Waals surface area contributed by atoms with E-state index in [4.69, 9.17) is 4.74 Å². The average Bonchev–Trinajstić information content (AvgIpc) is 2.43. The molecule has 4 heteroatoms. The van der Waals surface area contributed by atoms with Crippen molar-refractivity contribution in [2.24, 2.45) is 0 Å². The summed E-state index contributed by atoms with van der Waals surface area (Å²) < 4.78 is 4.92. The van der Waals surface area contributed by atoms with Gasteiger partial charge in [0.15, 0.2) is 0 Å². The van der Waals surface area contributed by atoms with Crippen molar-refractivity contribution in [1.29, 1.82) is 5.26 Å². The van der Waals surface area contributed by atoms with Crippen LogP contribution in [0.1, 0.15) is 12.5 Å². The molecule has 4 nitrogen and oxygen atoms in total. The number of rotatable bonds is 2. The van der Waals surface area contributed by atoms with Crippen LogP contribution in [0.15, 0.2) is 42.1 Å². The van der Waals surface area contributed by atoms with Crippen LogP contribution >= 0.6 is 0 Å². The van der Waals surface area contributed by atoms with E-state index in [0.29, 0.717) is 5.57 Å². The van der Waals surface area contributed by atoms with Crippen molar-refractivity contribution in [1.82, 2.24) is 0 Å². The van der Waals surface area contributed by atoms with E-state index in [-0.39, 0.29) is 12.2 Å². The van der Waals surface area contributed by atoms with Gasteiger partial charge >= 0.3 is 5.97 Å². The van der Waals surface area contributed by atoms with Crippen LogP contribution in [0.2, 0.25) is 0 Å². The van der Waals surface area contributed by atoms with Gasteiger partial charge in [0.05, 0.1) is 6.61 Å². The van der Waals surface area contributed by atoms with Crippen molar-refractivity contribution in [2.45, 2.75) is 6.92 Å². The maximum atomic E-state index is 11.8. The van der Waals surface area contributed by atoms with E-state index in [0.717, 1.165) is 11.3 Å². The number of allylic oxidation sites excluding steroid dienone is 2. The lowest BCUT2D eigenvalue weighted by atomic mass is 9.96. The molecular weight excluding hydrogens is 240 g/mol. The fraction of sp³-hybridized carbons (Fsp3) is 0.200. The summed E-state index contributed by atoms with van der Waals surface area (Å²) in [5.41, 5.74) is 2.46. The minimum atomic E-state index is -0.580. The van der Waals surface area contributed by atoms with E-state index in [1.807, 2.05) is 48.5 Å². The molecule has 1 heterocycles. The summed E-state index contributed by atoms with van der Waals surface area (Å²) in [7, 11) is 1.92. The van der Waals surface area contributed by atoms with Crippen molar-refractivity contribution in [2.75, 3.05) is 18.6 Å². The number of nitrogens with zero attached hydrogens (tertiary/aromatic N) is 2. The number of hydrogen-bond donors (Lipinski definition) is 0. The lowest BCUT2D eigenvalue weighted by Gasteiger charge is -2.24. The first-order valence-corrected chi connectivity index (χ1v) is 6.01. The molecule has 96 valence electrons. The van der Waals surface area contributed by atoms with Crippen LogP contribution in [-0.2, 0) is 9.53 Å². The zero-order valence-electron chi connectivity index (χ0n) is 10.9. The molecule has 0 fully saturated rings. The van der Waals surface area contributed by atoms with E-state index >= 15 is 0 Å². The third-order valence-electron chi connectivity index (χ3n) is 2.90. The van der Waals surface area contributed by atoms with E-state index in [1.54, 1.807) is 13.0 Å². The third-order valence-corrected chi connectivity index (χ3v) is 2.90. The molecule has 0 aromatic heterocycles.